The summed E-state index contributed by atoms with van der Waals surface area (Å²) in [5.74, 6) is 0. The van der Waals surface area contributed by atoms with Gasteiger partial charge in [-0.15, -0.1) is 0 Å². The average molecular weight is 319 g/mol. The second kappa shape index (κ2) is 4.04. The molecule has 0 N–H and O–H groups in total. The highest BCUT2D eigenvalue weighted by Crippen LogP contribution is 2.63. The molecule has 5 heteroatoms. The van der Waals surface area contributed by atoms with Crippen LogP contribution < -0.4 is 0 Å². The zero-order chi connectivity index (χ0) is 13.9. The van der Waals surface area contributed by atoms with Crippen LogP contribution in [-0.4, -0.2) is 39.6 Å². The molecule has 1 saturated heterocycles. The van der Waals surface area contributed by atoms with Crippen molar-refractivity contribution in [3.63, 3.8) is 0 Å². The lowest BCUT2D eigenvalue weighted by Crippen LogP contribution is -2.69. The molecule has 0 unspecified atom stereocenters. The van der Waals surface area contributed by atoms with Crippen LogP contribution in [0.25, 0.3) is 0 Å². The van der Waals surface area contributed by atoms with Gasteiger partial charge < -0.3 is 0 Å². The SMILES string of the molecule is CC1(CC[SiH3])[Si](C)(C)[Si](C)(C)[Si](C)(C)[Si]1(C)C. The molecule has 0 spiro atoms. The molecule has 17 heavy (non-hydrogen) atoms. The lowest BCUT2D eigenvalue weighted by molar-refractivity contribution is 0.749. The molecular weight excluding hydrogens is 285 g/mol. The highest BCUT2D eigenvalue weighted by atomic mass is 29.9. The van der Waals surface area contributed by atoms with Crippen molar-refractivity contribution < 1.29 is 0 Å². The van der Waals surface area contributed by atoms with E-state index >= 15 is 0 Å². The summed E-state index contributed by atoms with van der Waals surface area (Å²) in [7, 11) is -2.55. The Morgan fingerprint density at radius 3 is 1.29 bits per heavy atom. The predicted molar refractivity (Wildman–Crippen MR) is 97.7 cm³/mol. The first kappa shape index (κ1) is 16.1. The normalized spacial score (nSPS) is 31.6. The molecule has 0 radical (unpaired) electrons. The summed E-state index contributed by atoms with van der Waals surface area (Å²) in [5, 5.41) is 0. The Labute approximate surface area is 116 Å². The van der Waals surface area contributed by atoms with Crippen LogP contribution in [0.5, 0.6) is 0 Å². The predicted octanol–water partition coefficient (Wildman–Crippen LogP) is 3.54. The Balaban J connectivity index is 3.53. The molecule has 1 fully saturated rings. The third kappa shape index (κ3) is 1.55. The van der Waals surface area contributed by atoms with E-state index in [0.717, 1.165) is 4.66 Å². The van der Waals surface area contributed by atoms with Gasteiger partial charge in [-0.2, -0.15) is 0 Å². The summed E-state index contributed by atoms with van der Waals surface area (Å²) in [6.45, 7) is 25.0. The fraction of sp³-hybridized carbons (Fsp3) is 1.00. The minimum atomic E-state index is -1.03. The Hall–Kier alpha value is 1.08. The molecule has 0 aromatic rings. The quantitative estimate of drug-likeness (QED) is 0.683. The number of hydrogen-bond donors (Lipinski definition) is 0. The number of hydrogen-bond acceptors (Lipinski definition) is 0. The monoisotopic (exact) mass is 318 g/mol. The van der Waals surface area contributed by atoms with Gasteiger partial charge in [0, 0.05) is 39.6 Å². The van der Waals surface area contributed by atoms with Gasteiger partial charge in [0.1, 0.15) is 0 Å². The Bertz CT molecular complexity index is 291. The van der Waals surface area contributed by atoms with Crippen LogP contribution in [0.15, 0.2) is 0 Å². The Morgan fingerprint density at radius 2 is 1.06 bits per heavy atom. The summed E-state index contributed by atoms with van der Waals surface area (Å²) < 4.78 is 0.840. The second-order valence-corrected chi connectivity index (χ2v) is 50.8. The first-order valence-corrected chi connectivity index (χ1v) is 23.7. The van der Waals surface area contributed by atoms with Gasteiger partial charge >= 0.3 is 0 Å². The molecule has 0 bridgehead atoms. The van der Waals surface area contributed by atoms with Crippen molar-refractivity contribution >= 4 is 39.6 Å². The minimum absolute atomic E-state index is 0.840. The highest BCUT2D eigenvalue weighted by Gasteiger charge is 2.75. The molecule has 0 amide bonds. The molecule has 1 aliphatic rings. The van der Waals surface area contributed by atoms with Gasteiger partial charge in [0.25, 0.3) is 0 Å². The van der Waals surface area contributed by atoms with Gasteiger partial charge in [-0.1, -0.05) is 71.8 Å². The summed E-state index contributed by atoms with van der Waals surface area (Å²) >= 11 is 0. The molecule has 0 nitrogen and oxygen atoms in total. The van der Waals surface area contributed by atoms with E-state index in [1.807, 2.05) is 0 Å². The minimum Gasteiger partial charge on any atom is -0.0733 e. The van der Waals surface area contributed by atoms with Gasteiger partial charge in [-0.05, 0) is 4.66 Å². The lowest BCUT2D eigenvalue weighted by Gasteiger charge is -2.48. The molecule has 0 aliphatic carbocycles. The first-order valence-electron chi connectivity index (χ1n) is 7.31. The van der Waals surface area contributed by atoms with Crippen LogP contribution in [0.1, 0.15) is 13.3 Å². The topological polar surface area (TPSA) is 0 Å². The van der Waals surface area contributed by atoms with Crippen molar-refractivity contribution in [2.24, 2.45) is 0 Å². The molecule has 1 rings (SSSR count). The molecule has 1 aliphatic heterocycles. The molecule has 102 valence electrons. The van der Waals surface area contributed by atoms with Gasteiger partial charge in [0.05, 0.1) is 0 Å². The van der Waals surface area contributed by atoms with Crippen molar-refractivity contribution in [3.8, 4) is 0 Å². The van der Waals surface area contributed by atoms with Gasteiger partial charge in [0.2, 0.25) is 0 Å². The van der Waals surface area contributed by atoms with Crippen LogP contribution in [0.3, 0.4) is 0 Å². The van der Waals surface area contributed by atoms with Gasteiger partial charge in [0.15, 0.2) is 0 Å². The molecule has 0 atom stereocenters. The van der Waals surface area contributed by atoms with Crippen LogP contribution in [0, 0.1) is 0 Å². The lowest BCUT2D eigenvalue weighted by atomic mass is 10.3. The third-order valence-electron chi connectivity index (χ3n) is 8.20. The zero-order valence-corrected chi connectivity index (χ0v) is 19.9. The molecule has 0 aromatic carbocycles. The summed E-state index contributed by atoms with van der Waals surface area (Å²) in [6.07, 6.45) is 1.59. The van der Waals surface area contributed by atoms with E-state index in [-0.39, 0.29) is 0 Å². The Kier molecular flexibility index (Phi) is 3.83. The standard InChI is InChI=1S/C12H34Si5/c1-12(10-11-13)14(2,3)16(6,7)17(8,9)15(12,4)5/h10-11H2,1-9,13H3. The molecule has 0 aromatic heterocycles. The van der Waals surface area contributed by atoms with Crippen molar-refractivity contribution in [1.29, 1.82) is 0 Å². The van der Waals surface area contributed by atoms with E-state index in [1.165, 1.54) is 10.2 Å². The summed E-state index contributed by atoms with van der Waals surface area (Å²) in [4.78, 5) is 0. The van der Waals surface area contributed by atoms with Crippen LogP contribution in [-0.2, 0) is 0 Å². The summed E-state index contributed by atoms with van der Waals surface area (Å²) in [6, 6.07) is 1.54. The van der Waals surface area contributed by atoms with Crippen LogP contribution >= 0.6 is 0 Å². The van der Waals surface area contributed by atoms with Crippen molar-refractivity contribution in [3.05, 3.63) is 0 Å². The number of rotatable bonds is 2. The molecule has 0 saturated carbocycles. The largest absolute Gasteiger partial charge is 0.0733 e. The van der Waals surface area contributed by atoms with Crippen molar-refractivity contribution in [2.45, 2.75) is 76.4 Å². The first-order chi connectivity index (χ1) is 7.31. The van der Waals surface area contributed by atoms with Crippen molar-refractivity contribution in [2.75, 3.05) is 0 Å². The maximum atomic E-state index is 2.79. The average Bonchev–Trinajstić information content (AvgIpc) is 2.19. The zero-order valence-electron chi connectivity index (χ0n) is 13.9. The van der Waals surface area contributed by atoms with Crippen molar-refractivity contribution in [1.82, 2.24) is 0 Å². The van der Waals surface area contributed by atoms with E-state index in [4.69, 9.17) is 0 Å². The van der Waals surface area contributed by atoms with E-state index in [1.54, 1.807) is 12.5 Å². The van der Waals surface area contributed by atoms with E-state index in [0.29, 0.717) is 0 Å². The van der Waals surface area contributed by atoms with Gasteiger partial charge in [-0.3, -0.25) is 0 Å². The maximum absolute atomic E-state index is 2.79. The maximum Gasteiger partial charge on any atom is 0.0414 e. The van der Waals surface area contributed by atoms with E-state index in [9.17, 15) is 0 Å². The molecule has 1 heterocycles. The fourth-order valence-corrected chi connectivity index (χ4v) is 104. The fourth-order valence-electron chi connectivity index (χ4n) is 4.85. The van der Waals surface area contributed by atoms with Crippen LogP contribution in [0.4, 0.5) is 0 Å². The highest BCUT2D eigenvalue weighted by molar-refractivity contribution is 7.89. The van der Waals surface area contributed by atoms with E-state index < -0.39 is 29.4 Å². The molecular formula is C12H34Si5. The third-order valence-corrected chi connectivity index (χ3v) is 85.5. The summed E-state index contributed by atoms with van der Waals surface area (Å²) in [5.41, 5.74) is 0. The van der Waals surface area contributed by atoms with Gasteiger partial charge in [-0.25, -0.2) is 0 Å². The second-order valence-electron chi connectivity index (χ2n) is 8.58. The smallest absolute Gasteiger partial charge is 0.0414 e. The van der Waals surface area contributed by atoms with E-state index in [2.05, 4.69) is 59.3 Å². The Morgan fingerprint density at radius 1 is 0.765 bits per heavy atom. The van der Waals surface area contributed by atoms with Crippen LogP contribution in [0.2, 0.25) is 63.1 Å².